The summed E-state index contributed by atoms with van der Waals surface area (Å²) in [6.45, 7) is 0. The van der Waals surface area contributed by atoms with E-state index >= 15 is 0 Å². The highest BCUT2D eigenvalue weighted by atomic mass is 35.5. The summed E-state index contributed by atoms with van der Waals surface area (Å²) in [5.41, 5.74) is 2.40. The van der Waals surface area contributed by atoms with Crippen molar-refractivity contribution in [2.45, 2.75) is 62.6 Å². The third kappa shape index (κ3) is 4.14. The highest BCUT2D eigenvalue weighted by Gasteiger charge is 2.43. The first-order chi connectivity index (χ1) is 17.4. The smallest absolute Gasteiger partial charge is 0.344 e. The van der Waals surface area contributed by atoms with E-state index in [9.17, 15) is 14.7 Å². The van der Waals surface area contributed by atoms with Gasteiger partial charge in [0, 0.05) is 42.1 Å². The number of fused-ring (bicyclic) bond motifs is 2. The van der Waals surface area contributed by atoms with Gasteiger partial charge in [-0.05, 0) is 62.1 Å². The van der Waals surface area contributed by atoms with Crippen molar-refractivity contribution in [3.8, 4) is 11.3 Å². The lowest BCUT2D eigenvalue weighted by atomic mass is 9.98. The number of carbonyl (C=O) groups is 2. The molecule has 2 aromatic carbocycles. The average molecular weight is 527 g/mol. The number of anilines is 1. The van der Waals surface area contributed by atoms with Crippen molar-refractivity contribution >= 4 is 40.8 Å². The van der Waals surface area contributed by atoms with Gasteiger partial charge in [0.1, 0.15) is 17.4 Å². The van der Waals surface area contributed by atoms with Crippen LogP contribution in [-0.4, -0.2) is 40.4 Å². The molecule has 3 aliphatic rings. The van der Waals surface area contributed by atoms with Gasteiger partial charge in [-0.3, -0.25) is 0 Å². The minimum atomic E-state index is -0.938. The molecule has 6 rings (SSSR count). The Bertz CT molecular complexity index is 1300. The van der Waals surface area contributed by atoms with Gasteiger partial charge in [0.15, 0.2) is 5.76 Å². The minimum absolute atomic E-state index is 0.155. The van der Waals surface area contributed by atoms with E-state index in [0.717, 1.165) is 31.4 Å². The predicted octanol–water partition coefficient (Wildman–Crippen LogP) is 6.58. The number of nitrogens with zero attached hydrogens (tertiary/aromatic N) is 2. The van der Waals surface area contributed by atoms with Gasteiger partial charge in [-0.25, -0.2) is 9.59 Å². The van der Waals surface area contributed by atoms with E-state index in [1.54, 1.807) is 30.3 Å². The van der Waals surface area contributed by atoms with Crippen molar-refractivity contribution in [3.63, 3.8) is 0 Å². The molecule has 2 saturated heterocycles. The molecule has 0 amide bonds. The molecule has 3 heterocycles. The van der Waals surface area contributed by atoms with Crippen LogP contribution in [0, 0.1) is 0 Å². The van der Waals surface area contributed by atoms with Crippen LogP contribution >= 0.6 is 23.2 Å². The molecule has 7 nitrogen and oxygen atoms in total. The summed E-state index contributed by atoms with van der Waals surface area (Å²) in [5.74, 6) is -0.688. The Morgan fingerprint density at radius 3 is 2.19 bits per heavy atom. The number of carboxylic acid groups (broad SMARTS) is 1. The molecule has 9 heteroatoms. The molecule has 1 saturated carbocycles. The Morgan fingerprint density at radius 2 is 1.61 bits per heavy atom. The van der Waals surface area contributed by atoms with Gasteiger partial charge in [-0.1, -0.05) is 34.4 Å². The molecule has 3 aromatic rings. The minimum Gasteiger partial charge on any atom is -0.478 e. The quantitative estimate of drug-likeness (QED) is 0.362. The van der Waals surface area contributed by atoms with Crippen LogP contribution < -0.4 is 4.90 Å². The maximum atomic E-state index is 13.6. The summed E-state index contributed by atoms with van der Waals surface area (Å²) in [7, 11) is 0. The number of piperidine rings is 1. The third-order valence-corrected chi connectivity index (χ3v) is 8.08. The van der Waals surface area contributed by atoms with Crippen LogP contribution in [0.15, 0.2) is 47.0 Å². The van der Waals surface area contributed by atoms with Gasteiger partial charge in [0.05, 0.1) is 15.6 Å². The van der Waals surface area contributed by atoms with E-state index in [1.807, 2.05) is 12.1 Å². The summed E-state index contributed by atoms with van der Waals surface area (Å²) >= 11 is 12.9. The van der Waals surface area contributed by atoms with E-state index in [2.05, 4.69) is 10.1 Å². The number of carboxylic acids is 1. The van der Waals surface area contributed by atoms with Crippen LogP contribution in [0.25, 0.3) is 11.3 Å². The molecular formula is C27H24Cl2N2O5. The van der Waals surface area contributed by atoms with Gasteiger partial charge >= 0.3 is 11.9 Å². The topological polar surface area (TPSA) is 92.9 Å². The molecule has 36 heavy (non-hydrogen) atoms. The Balaban J connectivity index is 1.23. The fourth-order valence-electron chi connectivity index (χ4n) is 5.65. The second-order valence-corrected chi connectivity index (χ2v) is 10.6. The first kappa shape index (κ1) is 23.4. The molecule has 1 unspecified atom stereocenters. The van der Waals surface area contributed by atoms with Crippen LogP contribution in [0.2, 0.25) is 10.0 Å². The van der Waals surface area contributed by atoms with E-state index in [4.69, 9.17) is 32.5 Å². The van der Waals surface area contributed by atoms with Crippen molar-refractivity contribution in [2.75, 3.05) is 4.90 Å². The molecule has 1 aromatic heterocycles. The van der Waals surface area contributed by atoms with E-state index in [-0.39, 0.29) is 29.7 Å². The number of ether oxygens (including phenoxy) is 1. The SMILES string of the molecule is O=C(O)c1ccc(N2[C@@H]3CC[C@H]2CC(OC(=O)c2c(-c4c(Cl)cccc4Cl)noc2C2CC2)C3)cc1. The van der Waals surface area contributed by atoms with Crippen LogP contribution in [0.5, 0.6) is 0 Å². The average Bonchev–Trinajstić information content (AvgIpc) is 3.55. The predicted molar refractivity (Wildman–Crippen MR) is 135 cm³/mol. The number of aromatic carboxylic acids is 1. The van der Waals surface area contributed by atoms with Crippen molar-refractivity contribution in [3.05, 3.63) is 69.4 Å². The van der Waals surface area contributed by atoms with Crippen molar-refractivity contribution in [1.29, 1.82) is 0 Å². The molecule has 2 bridgehead atoms. The molecule has 3 fully saturated rings. The molecule has 2 aliphatic heterocycles. The lowest BCUT2D eigenvalue weighted by Gasteiger charge is -2.40. The summed E-state index contributed by atoms with van der Waals surface area (Å²) < 4.78 is 11.7. The van der Waals surface area contributed by atoms with Crippen LogP contribution in [0.3, 0.4) is 0 Å². The Kier molecular flexibility index (Phi) is 5.92. The normalized spacial score (nSPS) is 23.1. The standard InChI is InChI=1S/C27H24Cl2N2O5/c28-20-2-1-3-21(29)22(20)24-23(25(36-30-24)14-4-5-14)27(34)35-19-12-17-10-11-18(13-19)31(17)16-8-6-15(7-9-16)26(32)33/h1-3,6-9,14,17-19H,4-5,10-13H2,(H,32,33)/t17-,18+,19?. The van der Waals surface area contributed by atoms with Gasteiger partial charge < -0.3 is 19.3 Å². The number of rotatable bonds is 6. The summed E-state index contributed by atoms with van der Waals surface area (Å²) in [6, 6.07) is 12.6. The summed E-state index contributed by atoms with van der Waals surface area (Å²) in [6.07, 6.45) is 5.05. The number of hydrogen-bond donors (Lipinski definition) is 1. The van der Waals surface area contributed by atoms with Crippen molar-refractivity contribution < 1.29 is 24.0 Å². The monoisotopic (exact) mass is 526 g/mol. The molecular weight excluding hydrogens is 503 g/mol. The van der Waals surface area contributed by atoms with Gasteiger partial charge in [0.2, 0.25) is 0 Å². The number of esters is 1. The zero-order chi connectivity index (χ0) is 25.0. The molecule has 0 spiro atoms. The van der Waals surface area contributed by atoms with E-state index < -0.39 is 11.9 Å². The maximum absolute atomic E-state index is 13.6. The second kappa shape index (κ2) is 9.12. The summed E-state index contributed by atoms with van der Waals surface area (Å²) in [4.78, 5) is 27.1. The largest absolute Gasteiger partial charge is 0.478 e. The van der Waals surface area contributed by atoms with Gasteiger partial charge in [0.25, 0.3) is 0 Å². The maximum Gasteiger partial charge on any atom is 0.344 e. The Labute approximate surface area is 217 Å². The first-order valence-corrected chi connectivity index (χ1v) is 12.9. The lowest BCUT2D eigenvalue weighted by Crippen LogP contribution is -2.46. The molecule has 3 atom stereocenters. The Hall–Kier alpha value is -3.03. The lowest BCUT2D eigenvalue weighted by molar-refractivity contribution is 0.0202. The van der Waals surface area contributed by atoms with Crippen molar-refractivity contribution in [2.24, 2.45) is 0 Å². The number of hydrogen-bond acceptors (Lipinski definition) is 6. The van der Waals surface area contributed by atoms with Gasteiger partial charge in [-0.15, -0.1) is 0 Å². The zero-order valence-electron chi connectivity index (χ0n) is 19.3. The number of aromatic nitrogens is 1. The van der Waals surface area contributed by atoms with Gasteiger partial charge in [-0.2, -0.15) is 0 Å². The number of benzene rings is 2. The highest BCUT2D eigenvalue weighted by Crippen LogP contribution is 2.47. The Morgan fingerprint density at radius 1 is 0.972 bits per heavy atom. The van der Waals surface area contributed by atoms with E-state index in [1.165, 1.54) is 0 Å². The number of carbonyl (C=O) groups excluding carboxylic acids is 1. The molecule has 1 N–H and O–H groups in total. The summed E-state index contributed by atoms with van der Waals surface area (Å²) in [5, 5.41) is 14.2. The van der Waals surface area contributed by atoms with Crippen LogP contribution in [-0.2, 0) is 4.74 Å². The van der Waals surface area contributed by atoms with Crippen LogP contribution in [0.1, 0.15) is 70.9 Å². The fourth-order valence-corrected chi connectivity index (χ4v) is 6.23. The molecule has 186 valence electrons. The zero-order valence-corrected chi connectivity index (χ0v) is 20.8. The highest BCUT2D eigenvalue weighted by molar-refractivity contribution is 6.39. The molecule has 0 radical (unpaired) electrons. The molecule has 1 aliphatic carbocycles. The second-order valence-electron chi connectivity index (χ2n) is 9.78. The van der Waals surface area contributed by atoms with Crippen molar-refractivity contribution in [1.82, 2.24) is 5.16 Å². The number of halogens is 2. The fraction of sp³-hybridized carbons (Fsp3) is 0.370. The van der Waals surface area contributed by atoms with Crippen LogP contribution in [0.4, 0.5) is 5.69 Å². The van der Waals surface area contributed by atoms with E-state index in [0.29, 0.717) is 45.5 Å². The third-order valence-electron chi connectivity index (χ3n) is 7.45. The first-order valence-electron chi connectivity index (χ1n) is 12.2.